The largest absolute Gasteiger partial charge is 0.399 e. The minimum atomic E-state index is -0.624. The number of rotatable bonds is 4. The number of nitro benzene ring substituents is 1. The monoisotopic (exact) mass is 261 g/mol. The minimum absolute atomic E-state index is 0.0726. The van der Waals surface area contributed by atoms with Gasteiger partial charge < -0.3 is 16.0 Å². The Morgan fingerprint density at radius 3 is 2.95 bits per heavy atom. The average molecular weight is 261 g/mol. The number of benzene rings is 1. The standard InChI is InChI=1S/C11H11N5O3/c12-7-1-2-9(16(18)19)8(5-7)11(17)15-6-10-13-3-4-14-10/h1-5H,6,12H2,(H,13,14)(H,15,17). The van der Waals surface area contributed by atoms with E-state index in [4.69, 9.17) is 5.73 Å². The number of aromatic amines is 1. The third-order valence-corrected chi connectivity index (χ3v) is 2.43. The van der Waals surface area contributed by atoms with Crippen LogP contribution in [-0.2, 0) is 6.54 Å². The van der Waals surface area contributed by atoms with Gasteiger partial charge in [-0.3, -0.25) is 14.9 Å². The second-order valence-corrected chi connectivity index (χ2v) is 3.75. The highest BCUT2D eigenvalue weighted by Crippen LogP contribution is 2.21. The number of nitrogens with two attached hydrogens (primary N) is 1. The maximum Gasteiger partial charge on any atom is 0.282 e. The van der Waals surface area contributed by atoms with Crippen molar-refractivity contribution in [2.45, 2.75) is 6.54 Å². The van der Waals surface area contributed by atoms with E-state index < -0.39 is 10.8 Å². The number of hydrogen-bond acceptors (Lipinski definition) is 5. The fourth-order valence-electron chi connectivity index (χ4n) is 1.55. The lowest BCUT2D eigenvalue weighted by Crippen LogP contribution is -2.24. The molecular weight excluding hydrogens is 250 g/mol. The van der Waals surface area contributed by atoms with E-state index in [1.54, 1.807) is 12.4 Å². The lowest BCUT2D eigenvalue weighted by molar-refractivity contribution is -0.385. The molecule has 1 heterocycles. The van der Waals surface area contributed by atoms with Gasteiger partial charge in [-0.1, -0.05) is 0 Å². The summed E-state index contributed by atoms with van der Waals surface area (Å²) in [6, 6.07) is 3.86. The first-order chi connectivity index (χ1) is 9.08. The molecule has 0 saturated carbocycles. The highest BCUT2D eigenvalue weighted by atomic mass is 16.6. The molecule has 8 nitrogen and oxygen atoms in total. The van der Waals surface area contributed by atoms with Crippen molar-refractivity contribution >= 4 is 17.3 Å². The summed E-state index contributed by atoms with van der Waals surface area (Å²) in [5.41, 5.74) is 5.46. The first kappa shape index (κ1) is 12.6. The Morgan fingerprint density at radius 2 is 2.32 bits per heavy atom. The van der Waals surface area contributed by atoms with E-state index in [0.717, 1.165) is 0 Å². The number of nitro groups is 1. The maximum absolute atomic E-state index is 11.9. The first-order valence-corrected chi connectivity index (χ1v) is 5.38. The lowest BCUT2D eigenvalue weighted by Gasteiger charge is -2.05. The van der Waals surface area contributed by atoms with Gasteiger partial charge in [-0.2, -0.15) is 0 Å². The molecule has 8 heteroatoms. The number of anilines is 1. The molecule has 0 aliphatic rings. The summed E-state index contributed by atoms with van der Waals surface area (Å²) in [5, 5.41) is 13.4. The molecule has 4 N–H and O–H groups in total. The molecule has 1 aromatic carbocycles. The van der Waals surface area contributed by atoms with Crippen LogP contribution in [0.2, 0.25) is 0 Å². The lowest BCUT2D eigenvalue weighted by atomic mass is 10.1. The molecule has 19 heavy (non-hydrogen) atoms. The maximum atomic E-state index is 11.9. The molecule has 0 atom stereocenters. The second-order valence-electron chi connectivity index (χ2n) is 3.75. The van der Waals surface area contributed by atoms with E-state index in [1.165, 1.54) is 18.2 Å². The van der Waals surface area contributed by atoms with E-state index in [2.05, 4.69) is 15.3 Å². The summed E-state index contributed by atoms with van der Waals surface area (Å²) in [7, 11) is 0. The quantitative estimate of drug-likeness (QED) is 0.426. The Morgan fingerprint density at radius 1 is 1.53 bits per heavy atom. The highest BCUT2D eigenvalue weighted by Gasteiger charge is 2.20. The molecule has 1 amide bonds. The molecule has 0 bridgehead atoms. The molecule has 0 unspecified atom stereocenters. The van der Waals surface area contributed by atoms with Gasteiger partial charge >= 0.3 is 0 Å². The number of amides is 1. The smallest absolute Gasteiger partial charge is 0.282 e. The van der Waals surface area contributed by atoms with E-state index in [-0.39, 0.29) is 23.5 Å². The van der Waals surface area contributed by atoms with Crippen LogP contribution in [0.15, 0.2) is 30.6 Å². The van der Waals surface area contributed by atoms with Gasteiger partial charge in [-0.25, -0.2) is 4.98 Å². The average Bonchev–Trinajstić information content (AvgIpc) is 2.88. The van der Waals surface area contributed by atoms with E-state index in [1.807, 2.05) is 0 Å². The van der Waals surface area contributed by atoms with E-state index in [0.29, 0.717) is 5.82 Å². The molecule has 1 aromatic heterocycles. The van der Waals surface area contributed by atoms with Crippen molar-refractivity contribution < 1.29 is 9.72 Å². The van der Waals surface area contributed by atoms with Crippen molar-refractivity contribution in [3.05, 3.63) is 52.1 Å². The number of hydrogen-bond donors (Lipinski definition) is 3. The Kier molecular flexibility index (Phi) is 3.42. The van der Waals surface area contributed by atoms with Crippen molar-refractivity contribution in [2.24, 2.45) is 0 Å². The van der Waals surface area contributed by atoms with Gasteiger partial charge in [0, 0.05) is 24.1 Å². The number of aromatic nitrogens is 2. The van der Waals surface area contributed by atoms with Crippen LogP contribution in [0.3, 0.4) is 0 Å². The molecular formula is C11H11N5O3. The molecule has 0 spiro atoms. The van der Waals surface area contributed by atoms with Crippen LogP contribution in [-0.4, -0.2) is 20.8 Å². The van der Waals surface area contributed by atoms with Gasteiger partial charge in [0.2, 0.25) is 0 Å². The first-order valence-electron chi connectivity index (χ1n) is 5.38. The fraction of sp³-hybridized carbons (Fsp3) is 0.0909. The van der Waals surface area contributed by atoms with Crippen LogP contribution in [0.5, 0.6) is 0 Å². The van der Waals surface area contributed by atoms with Crippen molar-refractivity contribution in [1.29, 1.82) is 0 Å². The van der Waals surface area contributed by atoms with Crippen LogP contribution in [0.1, 0.15) is 16.2 Å². The number of H-pyrrole nitrogens is 1. The molecule has 0 aliphatic heterocycles. The highest BCUT2D eigenvalue weighted by molar-refractivity contribution is 5.98. The zero-order valence-electron chi connectivity index (χ0n) is 9.79. The summed E-state index contributed by atoms with van der Waals surface area (Å²) in [4.78, 5) is 28.9. The SMILES string of the molecule is Nc1ccc([N+](=O)[O-])c(C(=O)NCc2ncc[nH]2)c1. The van der Waals surface area contributed by atoms with Crippen LogP contribution in [0, 0.1) is 10.1 Å². The third-order valence-electron chi connectivity index (χ3n) is 2.43. The van der Waals surface area contributed by atoms with Crippen molar-refractivity contribution in [2.75, 3.05) is 5.73 Å². The topological polar surface area (TPSA) is 127 Å². The van der Waals surface area contributed by atoms with Gasteiger partial charge in [0.05, 0.1) is 11.5 Å². The number of imidazole rings is 1. The summed E-state index contributed by atoms with van der Waals surface area (Å²) in [6.07, 6.45) is 3.16. The van der Waals surface area contributed by atoms with E-state index in [9.17, 15) is 14.9 Å². The van der Waals surface area contributed by atoms with Crippen molar-refractivity contribution in [3.8, 4) is 0 Å². The summed E-state index contributed by atoms with van der Waals surface area (Å²) >= 11 is 0. The molecule has 0 saturated heterocycles. The normalized spacial score (nSPS) is 10.1. The summed E-state index contributed by atoms with van der Waals surface area (Å²) in [6.45, 7) is 0.151. The number of carbonyl (C=O) groups is 1. The number of nitrogen functional groups attached to an aromatic ring is 1. The Hall–Kier alpha value is -2.90. The summed E-state index contributed by atoms with van der Waals surface area (Å²) < 4.78 is 0. The molecule has 0 fully saturated rings. The third kappa shape index (κ3) is 2.86. The molecule has 0 radical (unpaired) electrons. The van der Waals surface area contributed by atoms with Crippen LogP contribution < -0.4 is 11.1 Å². The fourth-order valence-corrected chi connectivity index (χ4v) is 1.55. The predicted octanol–water partition coefficient (Wildman–Crippen LogP) is 0.830. The second kappa shape index (κ2) is 5.17. The van der Waals surface area contributed by atoms with Gasteiger partial charge in [0.15, 0.2) is 0 Å². The zero-order valence-corrected chi connectivity index (χ0v) is 9.79. The molecule has 2 rings (SSSR count). The van der Waals surface area contributed by atoms with Crippen LogP contribution >= 0.6 is 0 Å². The molecule has 98 valence electrons. The van der Waals surface area contributed by atoms with Crippen LogP contribution in [0.25, 0.3) is 0 Å². The number of nitrogens with one attached hydrogen (secondary N) is 2. The van der Waals surface area contributed by atoms with Gasteiger partial charge in [0.25, 0.3) is 11.6 Å². The van der Waals surface area contributed by atoms with Crippen molar-refractivity contribution in [1.82, 2.24) is 15.3 Å². The Balaban J connectivity index is 2.18. The van der Waals surface area contributed by atoms with Gasteiger partial charge in [-0.15, -0.1) is 0 Å². The number of nitrogens with zero attached hydrogens (tertiary/aromatic N) is 2. The van der Waals surface area contributed by atoms with Gasteiger partial charge in [0.1, 0.15) is 11.4 Å². The van der Waals surface area contributed by atoms with Crippen molar-refractivity contribution in [3.63, 3.8) is 0 Å². The predicted molar refractivity (Wildman–Crippen MR) is 67.3 cm³/mol. The van der Waals surface area contributed by atoms with E-state index >= 15 is 0 Å². The minimum Gasteiger partial charge on any atom is -0.399 e. The van der Waals surface area contributed by atoms with Crippen LogP contribution in [0.4, 0.5) is 11.4 Å². The Bertz CT molecular complexity index is 609. The Labute approximate surface area is 107 Å². The number of carbonyl (C=O) groups excluding carboxylic acids is 1. The molecule has 0 aliphatic carbocycles. The summed E-state index contributed by atoms with van der Waals surface area (Å²) in [5.74, 6) is -0.0182. The zero-order chi connectivity index (χ0) is 13.8. The van der Waals surface area contributed by atoms with Gasteiger partial charge in [-0.05, 0) is 12.1 Å². The molecule has 2 aromatic rings.